The van der Waals surface area contributed by atoms with E-state index in [-0.39, 0.29) is 0 Å². The van der Waals surface area contributed by atoms with Gasteiger partial charge >= 0.3 is 0 Å². The van der Waals surface area contributed by atoms with Crippen LogP contribution in [0.25, 0.3) is 6.08 Å². The normalized spacial score (nSPS) is 10.8. The second-order valence-electron chi connectivity index (χ2n) is 6.27. The van der Waals surface area contributed by atoms with Crippen LogP contribution < -0.4 is 9.47 Å². The molecule has 0 aromatic heterocycles. The fourth-order valence-corrected chi connectivity index (χ4v) is 2.97. The predicted molar refractivity (Wildman–Crippen MR) is 113 cm³/mol. The van der Waals surface area contributed by atoms with E-state index in [9.17, 15) is 4.79 Å². The Kier molecular flexibility index (Phi) is 6.88. The maximum absolute atomic E-state index is 10.9. The predicted octanol–water partition coefficient (Wildman–Crippen LogP) is 5.64. The van der Waals surface area contributed by atoms with Crippen molar-refractivity contribution in [2.75, 3.05) is 7.11 Å². The third-order valence-electron chi connectivity index (χ3n) is 4.33. The van der Waals surface area contributed by atoms with Crippen LogP contribution in [0.1, 0.15) is 22.3 Å². The maximum Gasteiger partial charge on any atom is 0.245 e. The molecule has 0 saturated heterocycles. The van der Waals surface area contributed by atoms with Crippen molar-refractivity contribution < 1.29 is 14.3 Å². The standard InChI is InChI=1S/C24H21ClO3/c1-27-23-16-19(12-14-24(25)26)11-13-22(23)28-17-21-10-6-5-9-20(21)15-18-7-3-2-4-8-18/h2-14,16H,15,17H2,1H3. The molecule has 3 aromatic carbocycles. The fraction of sp³-hybridized carbons (Fsp3) is 0.125. The van der Waals surface area contributed by atoms with Gasteiger partial charge in [-0.3, -0.25) is 4.79 Å². The van der Waals surface area contributed by atoms with E-state index in [2.05, 4.69) is 24.3 Å². The summed E-state index contributed by atoms with van der Waals surface area (Å²) in [6.07, 6.45) is 3.79. The van der Waals surface area contributed by atoms with Crippen molar-refractivity contribution in [3.8, 4) is 11.5 Å². The molecule has 0 unspecified atom stereocenters. The molecule has 0 spiro atoms. The Balaban J connectivity index is 1.74. The second-order valence-corrected chi connectivity index (χ2v) is 6.64. The molecule has 0 aliphatic carbocycles. The molecule has 0 atom stereocenters. The summed E-state index contributed by atoms with van der Waals surface area (Å²) in [5, 5.41) is -0.519. The summed E-state index contributed by atoms with van der Waals surface area (Å²) in [7, 11) is 1.59. The minimum absolute atomic E-state index is 0.439. The average molecular weight is 393 g/mol. The first-order valence-corrected chi connectivity index (χ1v) is 9.32. The molecule has 0 radical (unpaired) electrons. The van der Waals surface area contributed by atoms with E-state index in [4.69, 9.17) is 21.1 Å². The van der Waals surface area contributed by atoms with E-state index >= 15 is 0 Å². The molecule has 28 heavy (non-hydrogen) atoms. The number of ether oxygens (including phenoxy) is 2. The molecular formula is C24H21ClO3. The van der Waals surface area contributed by atoms with Gasteiger partial charge in [0.25, 0.3) is 0 Å². The minimum atomic E-state index is -0.519. The molecule has 142 valence electrons. The number of carbonyl (C=O) groups is 1. The quantitative estimate of drug-likeness (QED) is 0.367. The number of hydrogen-bond acceptors (Lipinski definition) is 3. The molecule has 0 amide bonds. The second kappa shape index (κ2) is 9.77. The van der Waals surface area contributed by atoms with Crippen LogP contribution in [0, 0.1) is 0 Å². The van der Waals surface area contributed by atoms with Crippen LogP contribution in [-0.2, 0) is 17.8 Å². The number of rotatable bonds is 8. The molecule has 0 bridgehead atoms. The van der Waals surface area contributed by atoms with E-state index in [1.54, 1.807) is 13.2 Å². The van der Waals surface area contributed by atoms with Gasteiger partial charge in [0.15, 0.2) is 11.5 Å². The summed E-state index contributed by atoms with van der Waals surface area (Å²) in [6.45, 7) is 0.439. The van der Waals surface area contributed by atoms with E-state index < -0.39 is 5.24 Å². The zero-order valence-electron chi connectivity index (χ0n) is 15.6. The Bertz CT molecular complexity index is 965. The van der Waals surface area contributed by atoms with Crippen LogP contribution in [0.5, 0.6) is 11.5 Å². The van der Waals surface area contributed by atoms with E-state index in [1.807, 2.05) is 48.5 Å². The highest BCUT2D eigenvalue weighted by molar-refractivity contribution is 6.66. The highest BCUT2D eigenvalue weighted by Crippen LogP contribution is 2.30. The average Bonchev–Trinajstić information content (AvgIpc) is 2.72. The van der Waals surface area contributed by atoms with Crippen molar-refractivity contribution in [1.29, 1.82) is 0 Å². The molecule has 3 rings (SSSR count). The number of carbonyl (C=O) groups excluding carboxylic acids is 1. The van der Waals surface area contributed by atoms with Crippen molar-refractivity contribution in [3.63, 3.8) is 0 Å². The van der Waals surface area contributed by atoms with E-state index in [0.29, 0.717) is 18.1 Å². The summed E-state index contributed by atoms with van der Waals surface area (Å²) in [4.78, 5) is 10.9. The Morgan fingerprint density at radius 2 is 1.64 bits per heavy atom. The molecule has 3 nitrogen and oxygen atoms in total. The summed E-state index contributed by atoms with van der Waals surface area (Å²) >= 11 is 5.34. The first-order valence-electron chi connectivity index (χ1n) is 8.95. The number of hydrogen-bond donors (Lipinski definition) is 0. The molecule has 3 aromatic rings. The number of methoxy groups -OCH3 is 1. The van der Waals surface area contributed by atoms with Crippen LogP contribution >= 0.6 is 11.6 Å². The van der Waals surface area contributed by atoms with Gasteiger partial charge in [-0.1, -0.05) is 66.7 Å². The fourth-order valence-electron chi connectivity index (χ4n) is 2.91. The van der Waals surface area contributed by atoms with Gasteiger partial charge in [-0.2, -0.15) is 0 Å². The van der Waals surface area contributed by atoms with Gasteiger partial charge in [0, 0.05) is 0 Å². The monoisotopic (exact) mass is 392 g/mol. The van der Waals surface area contributed by atoms with Crippen molar-refractivity contribution in [2.45, 2.75) is 13.0 Å². The molecule has 4 heteroatoms. The van der Waals surface area contributed by atoms with Gasteiger partial charge in [0.1, 0.15) is 6.61 Å². The van der Waals surface area contributed by atoms with Gasteiger partial charge in [-0.15, -0.1) is 0 Å². The zero-order valence-corrected chi connectivity index (χ0v) is 16.4. The Labute approximate surface area is 170 Å². The Morgan fingerprint density at radius 1 is 0.929 bits per heavy atom. The van der Waals surface area contributed by atoms with Gasteiger partial charge in [0.2, 0.25) is 5.24 Å². The number of benzene rings is 3. The lowest BCUT2D eigenvalue weighted by Crippen LogP contribution is -2.02. The van der Waals surface area contributed by atoms with Gasteiger partial charge in [0.05, 0.1) is 7.11 Å². The lowest BCUT2D eigenvalue weighted by Gasteiger charge is -2.14. The molecule has 0 aliphatic heterocycles. The largest absolute Gasteiger partial charge is 0.493 e. The first kappa shape index (κ1) is 19.7. The SMILES string of the molecule is COc1cc(C=CC(=O)Cl)ccc1OCc1ccccc1Cc1ccccc1. The van der Waals surface area contributed by atoms with Gasteiger partial charge < -0.3 is 9.47 Å². The summed E-state index contributed by atoms with van der Waals surface area (Å²) in [6, 6.07) is 24.1. The molecule has 0 heterocycles. The van der Waals surface area contributed by atoms with Crippen LogP contribution in [-0.4, -0.2) is 12.4 Å². The molecular weight excluding hydrogens is 372 g/mol. The smallest absolute Gasteiger partial charge is 0.245 e. The van der Waals surface area contributed by atoms with Crippen LogP contribution in [0.2, 0.25) is 0 Å². The molecule has 0 N–H and O–H groups in total. The number of allylic oxidation sites excluding steroid dienone is 1. The third-order valence-corrected chi connectivity index (χ3v) is 4.46. The highest BCUT2D eigenvalue weighted by atomic mass is 35.5. The van der Waals surface area contributed by atoms with Crippen LogP contribution in [0.4, 0.5) is 0 Å². The number of halogens is 1. The lowest BCUT2D eigenvalue weighted by atomic mass is 10.0. The van der Waals surface area contributed by atoms with E-state index in [1.165, 1.54) is 17.2 Å². The topological polar surface area (TPSA) is 35.5 Å². The molecule has 0 saturated carbocycles. The van der Waals surface area contributed by atoms with Crippen molar-refractivity contribution in [1.82, 2.24) is 0 Å². The van der Waals surface area contributed by atoms with Gasteiger partial charge in [-0.05, 0) is 58.5 Å². The Hall–Kier alpha value is -3.04. The first-order chi connectivity index (χ1) is 13.7. The highest BCUT2D eigenvalue weighted by Gasteiger charge is 2.08. The van der Waals surface area contributed by atoms with Crippen molar-refractivity contribution in [2.24, 2.45) is 0 Å². The van der Waals surface area contributed by atoms with Crippen LogP contribution in [0.15, 0.2) is 78.9 Å². The third kappa shape index (κ3) is 5.48. The Morgan fingerprint density at radius 3 is 2.36 bits per heavy atom. The van der Waals surface area contributed by atoms with E-state index in [0.717, 1.165) is 17.5 Å². The van der Waals surface area contributed by atoms with Gasteiger partial charge in [-0.25, -0.2) is 0 Å². The molecule has 0 aliphatic rings. The zero-order chi connectivity index (χ0) is 19.8. The maximum atomic E-state index is 10.9. The summed E-state index contributed by atoms with van der Waals surface area (Å²) in [5.74, 6) is 1.25. The summed E-state index contributed by atoms with van der Waals surface area (Å²) in [5.41, 5.74) is 4.43. The van der Waals surface area contributed by atoms with Crippen LogP contribution in [0.3, 0.4) is 0 Å². The lowest BCUT2D eigenvalue weighted by molar-refractivity contribution is -0.107. The summed E-state index contributed by atoms with van der Waals surface area (Å²) < 4.78 is 11.5. The molecule has 0 fully saturated rings. The minimum Gasteiger partial charge on any atom is -0.493 e. The van der Waals surface area contributed by atoms with Crippen molar-refractivity contribution >= 4 is 22.9 Å². The van der Waals surface area contributed by atoms with Crippen molar-refractivity contribution in [3.05, 3.63) is 101 Å².